The molecular formula is C11H24N2O2. The van der Waals surface area contributed by atoms with Crippen LogP contribution in [0.15, 0.2) is 0 Å². The molecule has 0 heterocycles. The third kappa shape index (κ3) is 6.47. The highest BCUT2D eigenvalue weighted by Gasteiger charge is 2.14. The van der Waals surface area contributed by atoms with E-state index in [0.29, 0.717) is 12.0 Å². The zero-order valence-corrected chi connectivity index (χ0v) is 9.99. The number of rotatable bonds is 8. The highest BCUT2D eigenvalue weighted by molar-refractivity contribution is 5.78. The lowest BCUT2D eigenvalue weighted by molar-refractivity contribution is -0.125. The summed E-state index contributed by atoms with van der Waals surface area (Å²) in [6, 6.07) is 0.356. The molecule has 90 valence electrons. The summed E-state index contributed by atoms with van der Waals surface area (Å²) < 4.78 is 0. The van der Waals surface area contributed by atoms with Crippen molar-refractivity contribution >= 4 is 5.91 Å². The number of carbonyl (C=O) groups excluding carboxylic acids is 1. The lowest BCUT2D eigenvalue weighted by Crippen LogP contribution is -2.42. The average molecular weight is 216 g/mol. The highest BCUT2D eigenvalue weighted by Crippen LogP contribution is 2.11. The molecule has 0 aliphatic heterocycles. The average Bonchev–Trinajstić information content (AvgIpc) is 2.22. The zero-order chi connectivity index (χ0) is 11.8. The SMILES string of the molecule is CCC(C)CC(CC)NCC(O)C(N)=O. The summed E-state index contributed by atoms with van der Waals surface area (Å²) in [5.41, 5.74) is 4.96. The fourth-order valence-corrected chi connectivity index (χ4v) is 1.43. The number of hydrogen-bond donors (Lipinski definition) is 3. The minimum atomic E-state index is -1.07. The molecule has 0 aliphatic carbocycles. The summed E-state index contributed by atoms with van der Waals surface area (Å²) in [7, 11) is 0. The fraction of sp³-hybridized carbons (Fsp3) is 0.909. The van der Waals surface area contributed by atoms with Crippen LogP contribution in [0.4, 0.5) is 0 Å². The van der Waals surface area contributed by atoms with Gasteiger partial charge in [0.15, 0.2) is 0 Å². The Morgan fingerprint density at radius 3 is 2.40 bits per heavy atom. The van der Waals surface area contributed by atoms with Crippen molar-refractivity contribution in [1.29, 1.82) is 0 Å². The first kappa shape index (κ1) is 14.4. The van der Waals surface area contributed by atoms with E-state index in [-0.39, 0.29) is 6.54 Å². The van der Waals surface area contributed by atoms with Crippen molar-refractivity contribution < 1.29 is 9.90 Å². The maximum absolute atomic E-state index is 10.6. The second-order valence-corrected chi connectivity index (χ2v) is 4.18. The molecule has 0 rings (SSSR count). The molecule has 0 aromatic carbocycles. The molecule has 0 aliphatic rings. The summed E-state index contributed by atoms with van der Waals surface area (Å²) in [5.74, 6) is -0.00550. The predicted molar refractivity (Wildman–Crippen MR) is 61.4 cm³/mol. The van der Waals surface area contributed by atoms with Crippen molar-refractivity contribution in [2.75, 3.05) is 6.54 Å². The van der Waals surface area contributed by atoms with Crippen molar-refractivity contribution in [3.05, 3.63) is 0 Å². The lowest BCUT2D eigenvalue weighted by Gasteiger charge is -2.21. The van der Waals surface area contributed by atoms with Crippen LogP contribution < -0.4 is 11.1 Å². The van der Waals surface area contributed by atoms with Gasteiger partial charge in [0.25, 0.3) is 0 Å². The van der Waals surface area contributed by atoms with Gasteiger partial charge in [-0.25, -0.2) is 0 Å². The molecule has 0 bridgehead atoms. The quantitative estimate of drug-likeness (QED) is 0.557. The number of aliphatic hydroxyl groups is 1. The van der Waals surface area contributed by atoms with E-state index in [1.807, 2.05) is 0 Å². The standard InChI is InChI=1S/C11H24N2O2/c1-4-8(3)6-9(5-2)13-7-10(14)11(12)15/h8-10,13-14H,4-7H2,1-3H3,(H2,12,15). The Bertz CT molecular complexity index is 185. The first-order chi connectivity index (χ1) is 7.01. The third-order valence-electron chi connectivity index (χ3n) is 2.80. The van der Waals surface area contributed by atoms with Crippen LogP contribution in [0, 0.1) is 5.92 Å². The maximum Gasteiger partial charge on any atom is 0.247 e. The van der Waals surface area contributed by atoms with E-state index >= 15 is 0 Å². The van der Waals surface area contributed by atoms with Crippen LogP contribution in [0.3, 0.4) is 0 Å². The van der Waals surface area contributed by atoms with Crippen molar-refractivity contribution in [2.45, 2.75) is 52.2 Å². The van der Waals surface area contributed by atoms with Crippen LogP contribution in [-0.2, 0) is 4.79 Å². The van der Waals surface area contributed by atoms with Gasteiger partial charge in [0.1, 0.15) is 6.10 Å². The Morgan fingerprint density at radius 1 is 1.40 bits per heavy atom. The van der Waals surface area contributed by atoms with Crippen LogP contribution in [0.5, 0.6) is 0 Å². The van der Waals surface area contributed by atoms with Gasteiger partial charge >= 0.3 is 0 Å². The summed E-state index contributed by atoms with van der Waals surface area (Å²) in [6.07, 6.45) is 2.14. The van der Waals surface area contributed by atoms with Crippen LogP contribution in [0.1, 0.15) is 40.0 Å². The van der Waals surface area contributed by atoms with Gasteiger partial charge in [-0.3, -0.25) is 4.79 Å². The molecule has 0 fully saturated rings. The van der Waals surface area contributed by atoms with Crippen molar-refractivity contribution in [3.8, 4) is 0 Å². The number of amides is 1. The topological polar surface area (TPSA) is 75.3 Å². The molecule has 3 unspecified atom stereocenters. The van der Waals surface area contributed by atoms with Gasteiger partial charge in [-0.15, -0.1) is 0 Å². The van der Waals surface area contributed by atoms with Crippen LogP contribution >= 0.6 is 0 Å². The highest BCUT2D eigenvalue weighted by atomic mass is 16.3. The molecule has 3 atom stereocenters. The fourth-order valence-electron chi connectivity index (χ4n) is 1.43. The van der Waals surface area contributed by atoms with E-state index in [1.165, 1.54) is 0 Å². The van der Waals surface area contributed by atoms with E-state index in [1.54, 1.807) is 0 Å². The Kier molecular flexibility index (Phi) is 7.34. The minimum Gasteiger partial charge on any atom is -0.382 e. The van der Waals surface area contributed by atoms with E-state index in [2.05, 4.69) is 26.1 Å². The van der Waals surface area contributed by atoms with E-state index in [9.17, 15) is 9.90 Å². The van der Waals surface area contributed by atoms with Gasteiger partial charge in [-0.05, 0) is 18.8 Å². The Hall–Kier alpha value is -0.610. The predicted octanol–water partition coefficient (Wildman–Crippen LogP) is 0.637. The summed E-state index contributed by atoms with van der Waals surface area (Å²) in [5, 5.41) is 12.4. The minimum absolute atomic E-state index is 0.254. The number of aliphatic hydroxyl groups excluding tert-OH is 1. The molecular weight excluding hydrogens is 192 g/mol. The van der Waals surface area contributed by atoms with Crippen LogP contribution in [-0.4, -0.2) is 29.7 Å². The largest absolute Gasteiger partial charge is 0.382 e. The Morgan fingerprint density at radius 2 is 2.00 bits per heavy atom. The Balaban J connectivity index is 3.84. The summed E-state index contributed by atoms with van der Waals surface area (Å²) in [6.45, 7) is 6.71. The van der Waals surface area contributed by atoms with E-state index in [4.69, 9.17) is 5.73 Å². The maximum atomic E-state index is 10.6. The van der Waals surface area contributed by atoms with Gasteiger partial charge in [-0.2, -0.15) is 0 Å². The molecule has 4 heteroatoms. The van der Waals surface area contributed by atoms with Gasteiger partial charge in [0, 0.05) is 12.6 Å². The van der Waals surface area contributed by atoms with Crippen molar-refractivity contribution in [2.24, 2.45) is 11.7 Å². The molecule has 15 heavy (non-hydrogen) atoms. The van der Waals surface area contributed by atoms with Crippen molar-refractivity contribution in [3.63, 3.8) is 0 Å². The van der Waals surface area contributed by atoms with Crippen LogP contribution in [0.25, 0.3) is 0 Å². The van der Waals surface area contributed by atoms with Gasteiger partial charge in [0.2, 0.25) is 5.91 Å². The lowest BCUT2D eigenvalue weighted by atomic mass is 9.98. The molecule has 0 aromatic rings. The first-order valence-corrected chi connectivity index (χ1v) is 5.71. The number of carbonyl (C=O) groups is 1. The zero-order valence-electron chi connectivity index (χ0n) is 9.99. The molecule has 1 amide bonds. The molecule has 0 saturated heterocycles. The van der Waals surface area contributed by atoms with E-state index < -0.39 is 12.0 Å². The molecule has 0 aromatic heterocycles. The number of primary amides is 1. The number of nitrogens with two attached hydrogens (primary N) is 1. The van der Waals surface area contributed by atoms with Gasteiger partial charge in [-0.1, -0.05) is 27.2 Å². The van der Waals surface area contributed by atoms with Gasteiger partial charge in [0.05, 0.1) is 0 Å². The second kappa shape index (κ2) is 7.65. The normalized spacial score (nSPS) is 17.1. The van der Waals surface area contributed by atoms with Crippen LogP contribution in [0.2, 0.25) is 0 Å². The number of nitrogens with one attached hydrogen (secondary N) is 1. The summed E-state index contributed by atoms with van der Waals surface area (Å²) in [4.78, 5) is 10.6. The molecule has 0 saturated carbocycles. The number of hydrogen-bond acceptors (Lipinski definition) is 3. The molecule has 4 nitrogen and oxygen atoms in total. The monoisotopic (exact) mass is 216 g/mol. The Labute approximate surface area is 92.2 Å². The molecule has 0 radical (unpaired) electrons. The second-order valence-electron chi connectivity index (χ2n) is 4.18. The molecule has 0 spiro atoms. The van der Waals surface area contributed by atoms with Crippen molar-refractivity contribution in [1.82, 2.24) is 5.32 Å². The van der Waals surface area contributed by atoms with Gasteiger partial charge < -0.3 is 16.2 Å². The van der Waals surface area contributed by atoms with E-state index in [0.717, 1.165) is 19.3 Å². The molecule has 4 N–H and O–H groups in total. The third-order valence-corrected chi connectivity index (χ3v) is 2.80. The summed E-state index contributed by atoms with van der Waals surface area (Å²) >= 11 is 0. The first-order valence-electron chi connectivity index (χ1n) is 5.71. The smallest absolute Gasteiger partial charge is 0.247 e.